The number of aromatic hydroxyl groups is 2. The summed E-state index contributed by atoms with van der Waals surface area (Å²) >= 11 is 0. The summed E-state index contributed by atoms with van der Waals surface area (Å²) in [5.41, 5.74) is -0.0164. The average molecular weight is 430 g/mol. The Morgan fingerprint density at radius 1 is 0.903 bits per heavy atom. The summed E-state index contributed by atoms with van der Waals surface area (Å²) in [7, 11) is 0. The zero-order chi connectivity index (χ0) is 22.9. The highest BCUT2D eigenvalue weighted by Crippen LogP contribution is 2.44. The lowest BCUT2D eigenvalue weighted by Gasteiger charge is -2.32. The molecule has 2 aromatic rings. The van der Waals surface area contributed by atoms with Gasteiger partial charge in [0.2, 0.25) is 11.9 Å². The molecule has 0 amide bonds. The van der Waals surface area contributed by atoms with Gasteiger partial charge >= 0.3 is 17.9 Å². The van der Waals surface area contributed by atoms with Crippen LogP contribution in [0.25, 0.3) is 0 Å². The van der Waals surface area contributed by atoms with E-state index in [1.165, 1.54) is 25.1 Å². The molecule has 10 nitrogen and oxygen atoms in total. The highest BCUT2D eigenvalue weighted by atomic mass is 16.6. The summed E-state index contributed by atoms with van der Waals surface area (Å²) in [5, 5.41) is 19.8. The number of benzene rings is 2. The van der Waals surface area contributed by atoms with Crippen LogP contribution in [0.2, 0.25) is 0 Å². The van der Waals surface area contributed by atoms with Gasteiger partial charge in [-0.25, -0.2) is 0 Å². The molecule has 162 valence electrons. The van der Waals surface area contributed by atoms with Gasteiger partial charge in [-0.1, -0.05) is 6.07 Å². The van der Waals surface area contributed by atoms with Crippen LogP contribution in [0.5, 0.6) is 28.7 Å². The van der Waals surface area contributed by atoms with Crippen molar-refractivity contribution in [3.8, 4) is 28.7 Å². The van der Waals surface area contributed by atoms with Crippen LogP contribution in [0.4, 0.5) is 0 Å². The monoisotopic (exact) mass is 430 g/mol. The standard InChI is InChI=1S/C21H18O10/c1-9(22)28-15-5-4-12(6-16(15)29-10(2)23)20-21(30-11(3)24)19(27)18-14(26)7-13(25)8-17(18)31-20/h4-8,20-21,25-26H,1-3H3/t20-,21+/m1/s1. The molecule has 0 bridgehead atoms. The van der Waals surface area contributed by atoms with Crippen molar-refractivity contribution in [3.63, 3.8) is 0 Å². The van der Waals surface area contributed by atoms with Crippen LogP contribution >= 0.6 is 0 Å². The molecule has 0 aromatic heterocycles. The Bertz CT molecular complexity index is 1090. The van der Waals surface area contributed by atoms with E-state index in [9.17, 15) is 29.4 Å². The summed E-state index contributed by atoms with van der Waals surface area (Å²) in [5.74, 6) is -4.06. The van der Waals surface area contributed by atoms with E-state index in [1.54, 1.807) is 0 Å². The molecule has 31 heavy (non-hydrogen) atoms. The van der Waals surface area contributed by atoms with Gasteiger partial charge in [0.25, 0.3) is 0 Å². The third-order valence-electron chi connectivity index (χ3n) is 4.20. The van der Waals surface area contributed by atoms with Gasteiger partial charge in [0.05, 0.1) is 0 Å². The zero-order valence-electron chi connectivity index (χ0n) is 16.7. The van der Waals surface area contributed by atoms with E-state index < -0.39 is 41.6 Å². The first-order chi connectivity index (χ1) is 14.6. The van der Waals surface area contributed by atoms with Crippen LogP contribution in [0, 0.1) is 0 Å². The Balaban J connectivity index is 2.11. The molecule has 0 unspecified atom stereocenters. The van der Waals surface area contributed by atoms with Crippen LogP contribution in [0.3, 0.4) is 0 Å². The minimum absolute atomic E-state index is 0.0479. The molecule has 1 aliphatic heterocycles. The number of carbonyl (C=O) groups excluding carboxylic acids is 4. The Kier molecular flexibility index (Phi) is 5.82. The first-order valence-corrected chi connectivity index (χ1v) is 9.01. The van der Waals surface area contributed by atoms with Gasteiger partial charge in [-0.05, 0) is 12.1 Å². The minimum atomic E-state index is -1.48. The molecule has 2 aromatic carbocycles. The largest absolute Gasteiger partial charge is 0.508 e. The molecular formula is C21H18O10. The van der Waals surface area contributed by atoms with Crippen molar-refractivity contribution in [1.82, 2.24) is 0 Å². The SMILES string of the molecule is CC(=O)Oc1ccc([C@H]2Oc3cc(O)cc(O)c3C(=O)[C@@H]2OC(C)=O)cc1OC(C)=O. The highest BCUT2D eigenvalue weighted by molar-refractivity contribution is 6.06. The van der Waals surface area contributed by atoms with Gasteiger partial charge in [-0.15, -0.1) is 0 Å². The molecule has 0 radical (unpaired) electrons. The van der Waals surface area contributed by atoms with Crippen LogP contribution in [-0.2, 0) is 19.1 Å². The maximum absolute atomic E-state index is 13.0. The maximum atomic E-state index is 13.0. The molecule has 2 N–H and O–H groups in total. The Morgan fingerprint density at radius 3 is 2.16 bits per heavy atom. The molecule has 0 saturated carbocycles. The Hall–Kier alpha value is -4.08. The van der Waals surface area contributed by atoms with Crippen molar-refractivity contribution in [2.75, 3.05) is 0 Å². The lowest BCUT2D eigenvalue weighted by Crippen LogP contribution is -2.39. The second-order valence-electron chi connectivity index (χ2n) is 6.66. The summed E-state index contributed by atoms with van der Waals surface area (Å²) in [4.78, 5) is 47.4. The normalized spacial score (nSPS) is 17.2. The van der Waals surface area contributed by atoms with Gasteiger partial charge in [-0.2, -0.15) is 0 Å². The number of hydrogen-bond donors (Lipinski definition) is 2. The van der Waals surface area contributed by atoms with Gasteiger partial charge in [0.15, 0.2) is 17.6 Å². The molecule has 2 atom stereocenters. The van der Waals surface area contributed by atoms with E-state index in [0.717, 1.165) is 26.0 Å². The van der Waals surface area contributed by atoms with Gasteiger partial charge in [0.1, 0.15) is 22.8 Å². The number of phenols is 2. The minimum Gasteiger partial charge on any atom is -0.508 e. The van der Waals surface area contributed by atoms with E-state index in [4.69, 9.17) is 18.9 Å². The molecule has 1 heterocycles. The quantitative estimate of drug-likeness (QED) is 0.547. The van der Waals surface area contributed by atoms with Gasteiger partial charge in [0, 0.05) is 38.5 Å². The van der Waals surface area contributed by atoms with Crippen LogP contribution < -0.4 is 14.2 Å². The molecule has 0 aliphatic carbocycles. The molecule has 10 heteroatoms. The molecule has 0 fully saturated rings. The number of phenolic OH excluding ortho intramolecular Hbond substituents is 2. The van der Waals surface area contributed by atoms with Crippen molar-refractivity contribution in [2.24, 2.45) is 0 Å². The van der Waals surface area contributed by atoms with E-state index in [0.29, 0.717) is 0 Å². The molecule has 0 spiro atoms. The lowest BCUT2D eigenvalue weighted by atomic mass is 9.92. The fraction of sp³-hybridized carbons (Fsp3) is 0.238. The second-order valence-corrected chi connectivity index (χ2v) is 6.66. The fourth-order valence-corrected chi connectivity index (χ4v) is 3.12. The Labute approximate surface area is 175 Å². The summed E-state index contributed by atoms with van der Waals surface area (Å²) in [6, 6.07) is 6.13. The van der Waals surface area contributed by atoms with Gasteiger partial charge < -0.3 is 29.2 Å². The summed E-state index contributed by atoms with van der Waals surface area (Å²) in [6.45, 7) is 3.42. The van der Waals surface area contributed by atoms with E-state index in [-0.39, 0.29) is 34.1 Å². The fourth-order valence-electron chi connectivity index (χ4n) is 3.12. The second kappa shape index (κ2) is 8.34. The third kappa shape index (κ3) is 4.58. The van der Waals surface area contributed by atoms with Crippen molar-refractivity contribution < 1.29 is 48.3 Å². The number of ether oxygens (including phenoxy) is 4. The van der Waals surface area contributed by atoms with E-state index >= 15 is 0 Å². The van der Waals surface area contributed by atoms with Gasteiger partial charge in [-0.3, -0.25) is 19.2 Å². The van der Waals surface area contributed by atoms with Crippen molar-refractivity contribution in [1.29, 1.82) is 0 Å². The zero-order valence-corrected chi connectivity index (χ0v) is 16.7. The van der Waals surface area contributed by atoms with E-state index in [1.807, 2.05) is 0 Å². The number of carbonyl (C=O) groups is 4. The summed E-state index contributed by atoms with van der Waals surface area (Å²) < 4.78 is 21.0. The number of esters is 3. The average Bonchev–Trinajstić information content (AvgIpc) is 2.63. The number of fused-ring (bicyclic) bond motifs is 1. The lowest BCUT2D eigenvalue weighted by molar-refractivity contribution is -0.149. The number of Topliss-reactive ketones (excluding diaryl/α,β-unsaturated/α-hetero) is 1. The van der Waals surface area contributed by atoms with E-state index in [2.05, 4.69) is 0 Å². The first-order valence-electron chi connectivity index (χ1n) is 9.01. The maximum Gasteiger partial charge on any atom is 0.308 e. The number of hydrogen-bond acceptors (Lipinski definition) is 10. The van der Waals surface area contributed by atoms with Crippen LogP contribution in [-0.4, -0.2) is 40.0 Å². The molecule has 0 saturated heterocycles. The topological polar surface area (TPSA) is 146 Å². The summed E-state index contributed by atoms with van der Waals surface area (Å²) in [6.07, 6.45) is -2.70. The first kappa shape index (κ1) is 21.6. The van der Waals surface area contributed by atoms with Crippen molar-refractivity contribution >= 4 is 23.7 Å². The predicted molar refractivity (Wildman–Crippen MR) is 102 cm³/mol. The molecule has 3 rings (SSSR count). The number of ketones is 1. The third-order valence-corrected chi connectivity index (χ3v) is 4.20. The number of rotatable bonds is 4. The van der Waals surface area contributed by atoms with Crippen LogP contribution in [0.1, 0.15) is 42.8 Å². The smallest absolute Gasteiger partial charge is 0.308 e. The van der Waals surface area contributed by atoms with Crippen LogP contribution in [0.15, 0.2) is 30.3 Å². The predicted octanol–water partition coefficient (Wildman–Crippen LogP) is 2.20. The highest BCUT2D eigenvalue weighted by Gasteiger charge is 2.43. The molecule has 1 aliphatic rings. The molecular weight excluding hydrogens is 412 g/mol. The Morgan fingerprint density at radius 2 is 1.55 bits per heavy atom. The van der Waals surface area contributed by atoms with Crippen molar-refractivity contribution in [2.45, 2.75) is 33.0 Å². The van der Waals surface area contributed by atoms with Crippen molar-refractivity contribution in [3.05, 3.63) is 41.5 Å².